The maximum absolute atomic E-state index is 13.7. The molecule has 0 aliphatic rings. The van der Waals surface area contributed by atoms with Crippen LogP contribution in [0.2, 0.25) is 0 Å². The first-order chi connectivity index (χ1) is 16.4. The minimum absolute atomic E-state index is 0.0219. The minimum Gasteiger partial charge on any atom is -0.489 e. The lowest BCUT2D eigenvalue weighted by Gasteiger charge is -2.18. The van der Waals surface area contributed by atoms with Gasteiger partial charge in [-0.25, -0.2) is 0 Å². The number of hydrogen-bond donors (Lipinski definition) is 0. The standard InChI is InChI=1S/C27H19F3N2O2/c28-27(29,30)24-15-25(32(26(33)23(24)16-31)17-19-7-3-1-4-8-19)21-11-13-22(14-12-21)34-18-20-9-5-2-6-10-20/h1-15H,17-18H2. The van der Waals surface area contributed by atoms with E-state index in [-0.39, 0.29) is 12.2 Å². The molecule has 0 radical (unpaired) electrons. The second-order valence-corrected chi connectivity index (χ2v) is 7.60. The molecule has 0 atom stereocenters. The van der Waals surface area contributed by atoms with E-state index >= 15 is 0 Å². The Hall–Kier alpha value is -4.31. The van der Waals surface area contributed by atoms with Crippen molar-refractivity contribution in [2.24, 2.45) is 0 Å². The summed E-state index contributed by atoms with van der Waals surface area (Å²) in [6.07, 6.45) is -4.84. The molecule has 0 bridgehead atoms. The number of pyridine rings is 1. The third-order valence-electron chi connectivity index (χ3n) is 5.30. The van der Waals surface area contributed by atoms with Gasteiger partial charge in [0, 0.05) is 0 Å². The Balaban J connectivity index is 1.75. The zero-order valence-corrected chi connectivity index (χ0v) is 17.9. The molecule has 4 aromatic rings. The van der Waals surface area contributed by atoms with Gasteiger partial charge in [-0.15, -0.1) is 0 Å². The number of hydrogen-bond acceptors (Lipinski definition) is 3. The Bertz CT molecular complexity index is 1370. The van der Waals surface area contributed by atoms with Crippen LogP contribution in [0.15, 0.2) is 95.8 Å². The van der Waals surface area contributed by atoms with Crippen LogP contribution >= 0.6 is 0 Å². The third-order valence-corrected chi connectivity index (χ3v) is 5.30. The molecule has 1 aromatic heterocycles. The maximum atomic E-state index is 13.7. The van der Waals surface area contributed by atoms with Gasteiger partial charge < -0.3 is 9.30 Å². The molecule has 0 N–H and O–H groups in total. The van der Waals surface area contributed by atoms with Gasteiger partial charge in [-0.05, 0) is 47.0 Å². The van der Waals surface area contributed by atoms with Crippen LogP contribution in [0.25, 0.3) is 11.3 Å². The Morgan fingerprint density at radius 1 is 0.853 bits per heavy atom. The molecule has 4 rings (SSSR count). The van der Waals surface area contributed by atoms with Crippen LogP contribution in [-0.4, -0.2) is 4.57 Å². The van der Waals surface area contributed by atoms with Gasteiger partial charge in [-0.2, -0.15) is 18.4 Å². The molecule has 0 unspecified atom stereocenters. The monoisotopic (exact) mass is 460 g/mol. The summed E-state index contributed by atoms with van der Waals surface area (Å²) in [5, 5.41) is 9.32. The van der Waals surface area contributed by atoms with E-state index in [1.807, 2.05) is 30.3 Å². The highest BCUT2D eigenvalue weighted by Crippen LogP contribution is 2.34. The fourth-order valence-corrected chi connectivity index (χ4v) is 3.60. The Labute approximate surface area is 194 Å². The van der Waals surface area contributed by atoms with E-state index in [1.165, 1.54) is 10.6 Å². The molecule has 1 heterocycles. The fraction of sp³-hybridized carbons (Fsp3) is 0.111. The van der Waals surface area contributed by atoms with Gasteiger partial charge in [0.15, 0.2) is 0 Å². The lowest BCUT2D eigenvalue weighted by atomic mass is 10.0. The summed E-state index contributed by atoms with van der Waals surface area (Å²) in [5.41, 5.74) is -0.994. The highest BCUT2D eigenvalue weighted by Gasteiger charge is 2.36. The number of rotatable bonds is 6. The Morgan fingerprint density at radius 3 is 2.00 bits per heavy atom. The molecule has 3 aromatic carbocycles. The van der Waals surface area contributed by atoms with Gasteiger partial charge >= 0.3 is 6.18 Å². The summed E-state index contributed by atoms with van der Waals surface area (Å²) >= 11 is 0. The van der Waals surface area contributed by atoms with Crippen molar-refractivity contribution in [3.05, 3.63) is 124 Å². The number of nitriles is 1. The van der Waals surface area contributed by atoms with Gasteiger partial charge in [-0.3, -0.25) is 4.79 Å². The van der Waals surface area contributed by atoms with E-state index in [2.05, 4.69) is 0 Å². The van der Waals surface area contributed by atoms with Crippen LogP contribution in [0.4, 0.5) is 13.2 Å². The molecule has 0 aliphatic heterocycles. The number of nitrogens with zero attached hydrogens (tertiary/aromatic N) is 2. The second kappa shape index (κ2) is 9.67. The van der Waals surface area contributed by atoms with Crippen molar-refractivity contribution in [3.63, 3.8) is 0 Å². The summed E-state index contributed by atoms with van der Waals surface area (Å²) < 4.78 is 48.0. The average molecular weight is 460 g/mol. The van der Waals surface area contributed by atoms with Gasteiger partial charge in [0.1, 0.15) is 24.0 Å². The molecule has 0 fully saturated rings. The maximum Gasteiger partial charge on any atom is 0.417 e. The van der Waals surface area contributed by atoms with E-state index < -0.39 is 22.9 Å². The third kappa shape index (κ3) is 5.02. The van der Waals surface area contributed by atoms with Crippen molar-refractivity contribution >= 4 is 0 Å². The minimum atomic E-state index is -4.84. The van der Waals surface area contributed by atoms with Crippen LogP contribution in [0.3, 0.4) is 0 Å². The number of ether oxygens (including phenoxy) is 1. The molecule has 0 saturated carbocycles. The molecule has 0 amide bonds. The highest BCUT2D eigenvalue weighted by atomic mass is 19.4. The molecule has 0 saturated heterocycles. The molecular formula is C27H19F3N2O2. The van der Waals surface area contributed by atoms with Crippen molar-refractivity contribution in [1.29, 1.82) is 5.26 Å². The molecule has 4 nitrogen and oxygen atoms in total. The van der Waals surface area contributed by atoms with Gasteiger partial charge in [-0.1, -0.05) is 60.7 Å². The largest absolute Gasteiger partial charge is 0.489 e. The molecular weight excluding hydrogens is 441 g/mol. The zero-order valence-electron chi connectivity index (χ0n) is 17.9. The van der Waals surface area contributed by atoms with Gasteiger partial charge in [0.25, 0.3) is 5.56 Å². The van der Waals surface area contributed by atoms with Crippen LogP contribution in [0, 0.1) is 11.3 Å². The summed E-state index contributed by atoms with van der Waals surface area (Å²) in [6, 6.07) is 27.2. The summed E-state index contributed by atoms with van der Waals surface area (Å²) in [6.45, 7) is 0.363. The molecule has 0 aliphatic carbocycles. The summed E-state index contributed by atoms with van der Waals surface area (Å²) in [4.78, 5) is 13.0. The first-order valence-corrected chi connectivity index (χ1v) is 10.4. The average Bonchev–Trinajstić information content (AvgIpc) is 2.85. The molecule has 0 spiro atoms. The van der Waals surface area contributed by atoms with E-state index in [0.29, 0.717) is 17.9 Å². The fourth-order valence-electron chi connectivity index (χ4n) is 3.60. The van der Waals surface area contributed by atoms with Crippen LogP contribution in [0.5, 0.6) is 5.75 Å². The summed E-state index contributed by atoms with van der Waals surface area (Å²) in [5.74, 6) is 0.536. The number of aromatic nitrogens is 1. The van der Waals surface area contributed by atoms with Gasteiger partial charge in [0.05, 0.1) is 17.8 Å². The lowest BCUT2D eigenvalue weighted by molar-refractivity contribution is -0.137. The number of alkyl halides is 3. The predicted molar refractivity (Wildman–Crippen MR) is 122 cm³/mol. The first-order valence-electron chi connectivity index (χ1n) is 10.4. The van der Waals surface area contributed by atoms with E-state index in [9.17, 15) is 23.2 Å². The van der Waals surface area contributed by atoms with Crippen LogP contribution in [0.1, 0.15) is 22.3 Å². The van der Waals surface area contributed by atoms with Crippen molar-refractivity contribution < 1.29 is 17.9 Å². The lowest BCUT2D eigenvalue weighted by Crippen LogP contribution is -2.28. The zero-order chi connectivity index (χ0) is 24.1. The topological polar surface area (TPSA) is 55.0 Å². The predicted octanol–water partition coefficient (Wildman–Crippen LogP) is 6.03. The normalized spacial score (nSPS) is 11.1. The number of halogens is 3. The van der Waals surface area contributed by atoms with Gasteiger partial charge in [0.2, 0.25) is 0 Å². The highest BCUT2D eigenvalue weighted by molar-refractivity contribution is 5.63. The first kappa shape index (κ1) is 22.9. The SMILES string of the molecule is N#Cc1c(C(F)(F)F)cc(-c2ccc(OCc3ccccc3)cc2)n(Cc2ccccc2)c1=O. The smallest absolute Gasteiger partial charge is 0.417 e. The molecule has 7 heteroatoms. The van der Waals surface area contributed by atoms with Crippen LogP contribution < -0.4 is 10.3 Å². The van der Waals surface area contributed by atoms with E-state index in [0.717, 1.165) is 17.2 Å². The second-order valence-electron chi connectivity index (χ2n) is 7.60. The summed E-state index contributed by atoms with van der Waals surface area (Å²) in [7, 11) is 0. The Morgan fingerprint density at radius 2 is 1.44 bits per heavy atom. The quantitative estimate of drug-likeness (QED) is 0.353. The van der Waals surface area contributed by atoms with E-state index in [1.54, 1.807) is 54.6 Å². The Kier molecular flexibility index (Phi) is 6.51. The van der Waals surface area contributed by atoms with Crippen molar-refractivity contribution in [2.75, 3.05) is 0 Å². The van der Waals surface area contributed by atoms with Crippen molar-refractivity contribution in [3.8, 4) is 23.1 Å². The molecule has 34 heavy (non-hydrogen) atoms. The van der Waals surface area contributed by atoms with Crippen LogP contribution in [-0.2, 0) is 19.3 Å². The van der Waals surface area contributed by atoms with E-state index in [4.69, 9.17) is 4.74 Å². The number of benzene rings is 3. The molecule has 170 valence electrons. The van der Waals surface area contributed by atoms with Crippen molar-refractivity contribution in [2.45, 2.75) is 19.3 Å². The van der Waals surface area contributed by atoms with Crippen molar-refractivity contribution in [1.82, 2.24) is 4.57 Å².